The molecule has 78 valence electrons. The number of likely N-dealkylation sites (tertiary alicyclic amines) is 1. The largest absolute Gasteiger partial charge is 0.384 e. The van der Waals surface area contributed by atoms with Crippen LogP contribution in [0.25, 0.3) is 0 Å². The molecule has 5 heteroatoms. The van der Waals surface area contributed by atoms with E-state index in [-0.39, 0.29) is 0 Å². The minimum atomic E-state index is -0.671. The summed E-state index contributed by atoms with van der Waals surface area (Å²) in [6, 6.07) is 0. The van der Waals surface area contributed by atoms with E-state index in [4.69, 9.17) is 4.52 Å². The zero-order valence-corrected chi connectivity index (χ0v) is 8.31. The Morgan fingerprint density at radius 1 is 1.50 bits per heavy atom. The van der Waals surface area contributed by atoms with Crippen LogP contribution in [0.1, 0.15) is 37.6 Å². The monoisotopic (exact) mass is 197 g/mol. The Morgan fingerprint density at radius 3 is 2.79 bits per heavy atom. The van der Waals surface area contributed by atoms with Crippen molar-refractivity contribution in [1.29, 1.82) is 0 Å². The number of aromatic nitrogens is 2. The van der Waals surface area contributed by atoms with Crippen molar-refractivity contribution in [3.8, 4) is 0 Å². The molecule has 0 aromatic carbocycles. The van der Waals surface area contributed by atoms with Crippen molar-refractivity contribution in [2.24, 2.45) is 0 Å². The molecule has 1 fully saturated rings. The fourth-order valence-electron chi connectivity index (χ4n) is 1.64. The minimum Gasteiger partial charge on any atom is -0.384 e. The van der Waals surface area contributed by atoms with E-state index in [0.717, 1.165) is 19.6 Å². The van der Waals surface area contributed by atoms with E-state index in [9.17, 15) is 5.11 Å². The first-order valence-electron chi connectivity index (χ1n) is 4.98. The third kappa shape index (κ3) is 2.10. The summed E-state index contributed by atoms with van der Waals surface area (Å²) >= 11 is 0. The highest BCUT2D eigenvalue weighted by atomic mass is 16.5. The van der Waals surface area contributed by atoms with Gasteiger partial charge in [0.1, 0.15) is 6.10 Å². The molecule has 0 aliphatic carbocycles. The summed E-state index contributed by atoms with van der Waals surface area (Å²) in [5, 5.41) is 13.0. The Bertz CT molecular complexity index is 292. The first-order chi connectivity index (χ1) is 6.75. The maximum atomic E-state index is 9.19. The molecule has 1 atom stereocenters. The molecule has 2 rings (SSSR count). The summed E-state index contributed by atoms with van der Waals surface area (Å²) in [5.41, 5.74) is 0. The van der Waals surface area contributed by atoms with Gasteiger partial charge in [-0.25, -0.2) is 0 Å². The molecule has 0 radical (unpaired) electrons. The summed E-state index contributed by atoms with van der Waals surface area (Å²) in [7, 11) is 0. The molecule has 1 aromatic heterocycles. The van der Waals surface area contributed by atoms with E-state index in [0.29, 0.717) is 11.7 Å². The van der Waals surface area contributed by atoms with Crippen molar-refractivity contribution in [2.45, 2.75) is 32.4 Å². The van der Waals surface area contributed by atoms with Crippen molar-refractivity contribution in [3.05, 3.63) is 11.7 Å². The highest BCUT2D eigenvalue weighted by molar-refractivity contribution is 4.89. The fraction of sp³-hybridized carbons (Fsp3) is 0.778. The van der Waals surface area contributed by atoms with E-state index in [2.05, 4.69) is 15.0 Å². The van der Waals surface area contributed by atoms with Crippen LogP contribution >= 0.6 is 0 Å². The maximum Gasteiger partial charge on any atom is 0.255 e. The predicted octanol–water partition coefficient (Wildman–Crippen LogP) is 0.719. The molecule has 1 unspecified atom stereocenters. The van der Waals surface area contributed by atoms with Crippen LogP contribution in [0, 0.1) is 0 Å². The third-order valence-corrected chi connectivity index (χ3v) is 2.40. The van der Waals surface area contributed by atoms with Crippen LogP contribution in [0.5, 0.6) is 0 Å². The molecule has 0 spiro atoms. The van der Waals surface area contributed by atoms with Crippen molar-refractivity contribution in [3.63, 3.8) is 0 Å². The topological polar surface area (TPSA) is 62.4 Å². The molecule has 1 aliphatic rings. The van der Waals surface area contributed by atoms with Gasteiger partial charge in [-0.3, -0.25) is 4.90 Å². The molecule has 0 saturated carbocycles. The lowest BCUT2D eigenvalue weighted by atomic mass is 10.4. The summed E-state index contributed by atoms with van der Waals surface area (Å²) in [4.78, 5) is 6.39. The standard InChI is InChI=1S/C9H15N3O2/c1-7(13)9-10-8(11-14-9)6-12-4-2-3-5-12/h7,13H,2-6H2,1H3. The van der Waals surface area contributed by atoms with E-state index < -0.39 is 6.10 Å². The molecule has 0 amide bonds. The second kappa shape index (κ2) is 4.06. The van der Waals surface area contributed by atoms with Gasteiger partial charge < -0.3 is 9.63 Å². The van der Waals surface area contributed by atoms with Crippen LogP contribution in [-0.2, 0) is 6.54 Å². The van der Waals surface area contributed by atoms with Crippen LogP contribution < -0.4 is 0 Å². The quantitative estimate of drug-likeness (QED) is 0.773. The summed E-state index contributed by atoms with van der Waals surface area (Å²) < 4.78 is 4.90. The first kappa shape index (κ1) is 9.61. The number of hydrogen-bond acceptors (Lipinski definition) is 5. The average molecular weight is 197 g/mol. The number of rotatable bonds is 3. The summed E-state index contributed by atoms with van der Waals surface area (Å²) in [6.07, 6.45) is 1.83. The molecular weight excluding hydrogens is 182 g/mol. The predicted molar refractivity (Wildman–Crippen MR) is 49.4 cm³/mol. The Balaban J connectivity index is 1.95. The van der Waals surface area contributed by atoms with Crippen molar-refractivity contribution >= 4 is 0 Å². The van der Waals surface area contributed by atoms with Crippen molar-refractivity contribution in [1.82, 2.24) is 15.0 Å². The lowest BCUT2D eigenvalue weighted by Crippen LogP contribution is -2.19. The van der Waals surface area contributed by atoms with E-state index in [1.807, 2.05) is 0 Å². The Morgan fingerprint density at radius 2 is 2.21 bits per heavy atom. The average Bonchev–Trinajstić information content (AvgIpc) is 2.75. The summed E-state index contributed by atoms with van der Waals surface area (Å²) in [6.45, 7) is 4.57. The smallest absolute Gasteiger partial charge is 0.255 e. The lowest BCUT2D eigenvalue weighted by molar-refractivity contribution is 0.151. The Kier molecular flexibility index (Phi) is 2.79. The molecule has 1 N–H and O–H groups in total. The van der Waals surface area contributed by atoms with Crippen LogP contribution in [0.15, 0.2) is 4.52 Å². The molecule has 2 heterocycles. The molecule has 14 heavy (non-hydrogen) atoms. The lowest BCUT2D eigenvalue weighted by Gasteiger charge is -2.10. The number of nitrogens with zero attached hydrogens (tertiary/aromatic N) is 3. The number of aliphatic hydroxyl groups excluding tert-OH is 1. The van der Waals surface area contributed by atoms with Gasteiger partial charge in [0.15, 0.2) is 5.82 Å². The zero-order chi connectivity index (χ0) is 9.97. The van der Waals surface area contributed by atoms with Gasteiger partial charge in [0, 0.05) is 0 Å². The van der Waals surface area contributed by atoms with Gasteiger partial charge in [-0.05, 0) is 32.9 Å². The van der Waals surface area contributed by atoms with Crippen LogP contribution in [0.4, 0.5) is 0 Å². The van der Waals surface area contributed by atoms with Gasteiger partial charge in [-0.2, -0.15) is 4.98 Å². The van der Waals surface area contributed by atoms with Gasteiger partial charge >= 0.3 is 0 Å². The molecule has 5 nitrogen and oxygen atoms in total. The van der Waals surface area contributed by atoms with E-state index in [1.165, 1.54) is 12.8 Å². The van der Waals surface area contributed by atoms with E-state index in [1.54, 1.807) is 6.92 Å². The first-order valence-corrected chi connectivity index (χ1v) is 4.98. The van der Waals surface area contributed by atoms with Crippen LogP contribution in [0.2, 0.25) is 0 Å². The molecule has 1 aliphatic heterocycles. The van der Waals surface area contributed by atoms with Crippen molar-refractivity contribution in [2.75, 3.05) is 13.1 Å². The SMILES string of the molecule is CC(O)c1nc(CN2CCCC2)no1. The van der Waals surface area contributed by atoms with E-state index >= 15 is 0 Å². The molecule has 1 saturated heterocycles. The summed E-state index contributed by atoms with van der Waals surface area (Å²) in [5.74, 6) is 0.974. The minimum absolute atomic E-state index is 0.305. The highest BCUT2D eigenvalue weighted by Gasteiger charge is 2.16. The molecule has 1 aromatic rings. The Hall–Kier alpha value is -0.940. The highest BCUT2D eigenvalue weighted by Crippen LogP contribution is 2.13. The second-order valence-corrected chi connectivity index (χ2v) is 3.71. The second-order valence-electron chi connectivity index (χ2n) is 3.71. The fourth-order valence-corrected chi connectivity index (χ4v) is 1.64. The normalized spacial score (nSPS) is 20.1. The van der Waals surface area contributed by atoms with Gasteiger partial charge in [0.05, 0.1) is 6.54 Å². The van der Waals surface area contributed by atoms with Crippen LogP contribution in [-0.4, -0.2) is 33.2 Å². The number of hydrogen-bond donors (Lipinski definition) is 1. The molecule has 0 bridgehead atoms. The maximum absolute atomic E-state index is 9.19. The van der Waals surface area contributed by atoms with Gasteiger partial charge in [0.2, 0.25) is 0 Å². The van der Waals surface area contributed by atoms with Gasteiger partial charge in [0.25, 0.3) is 5.89 Å². The van der Waals surface area contributed by atoms with Crippen molar-refractivity contribution < 1.29 is 9.63 Å². The third-order valence-electron chi connectivity index (χ3n) is 2.40. The van der Waals surface area contributed by atoms with Gasteiger partial charge in [-0.1, -0.05) is 5.16 Å². The number of aliphatic hydroxyl groups is 1. The zero-order valence-electron chi connectivity index (χ0n) is 8.31. The van der Waals surface area contributed by atoms with Crippen LogP contribution in [0.3, 0.4) is 0 Å². The molecular formula is C9H15N3O2. The Labute approximate surface area is 82.7 Å². The van der Waals surface area contributed by atoms with Gasteiger partial charge in [-0.15, -0.1) is 0 Å².